The predicted octanol–water partition coefficient (Wildman–Crippen LogP) is 1.82. The van der Waals surface area contributed by atoms with Gasteiger partial charge in [-0.3, -0.25) is 4.79 Å². The molecule has 1 amide bonds. The highest BCUT2D eigenvalue weighted by atomic mass is 35.5. The molecule has 0 bridgehead atoms. The Labute approximate surface area is 99.8 Å². The van der Waals surface area contributed by atoms with Crippen molar-refractivity contribution in [3.05, 3.63) is 0 Å². The molecule has 0 rings (SSSR count). The first-order chi connectivity index (χ1) is 6.90. The van der Waals surface area contributed by atoms with E-state index in [0.29, 0.717) is 6.42 Å². The zero-order valence-electron chi connectivity index (χ0n) is 9.43. The largest absolute Gasteiger partial charge is 0.406 e. The molecule has 7 heteroatoms. The molecule has 16 heavy (non-hydrogen) atoms. The van der Waals surface area contributed by atoms with Gasteiger partial charge in [0.25, 0.3) is 0 Å². The number of alkyl halides is 3. The Hall–Kier alpha value is -0.490. The normalized spacial score (nSPS) is 10.8. The maximum atomic E-state index is 12.1. The number of carbonyl (C=O) groups is 1. The molecule has 3 nitrogen and oxygen atoms in total. The molecule has 1 N–H and O–H groups in total. The number of halogens is 4. The third-order valence-corrected chi connectivity index (χ3v) is 1.83. The van der Waals surface area contributed by atoms with Crippen LogP contribution < -0.4 is 5.32 Å². The summed E-state index contributed by atoms with van der Waals surface area (Å²) in [4.78, 5) is 12.1. The molecule has 0 aliphatic carbocycles. The maximum absolute atomic E-state index is 12.1. The van der Waals surface area contributed by atoms with Crippen molar-refractivity contribution in [3.8, 4) is 0 Å². The third kappa shape index (κ3) is 8.79. The van der Waals surface area contributed by atoms with Crippen molar-refractivity contribution in [2.24, 2.45) is 0 Å². The van der Waals surface area contributed by atoms with Crippen LogP contribution >= 0.6 is 12.4 Å². The third-order valence-electron chi connectivity index (χ3n) is 1.83. The van der Waals surface area contributed by atoms with Crippen molar-refractivity contribution >= 4 is 18.3 Å². The standard InChI is InChI=1S/C9H17F3N2O.ClH/c1-3-4-5-14(7-9(10,11)12)8(15)6-13-2;/h13H,3-7H2,1-2H3;1H. The summed E-state index contributed by atoms with van der Waals surface area (Å²) in [7, 11) is 1.53. The quantitative estimate of drug-likeness (QED) is 0.792. The average Bonchev–Trinajstić information content (AvgIpc) is 2.10. The van der Waals surface area contributed by atoms with Crippen molar-refractivity contribution in [1.82, 2.24) is 10.2 Å². The Morgan fingerprint density at radius 3 is 2.31 bits per heavy atom. The van der Waals surface area contributed by atoms with Gasteiger partial charge in [-0.25, -0.2) is 0 Å². The molecule has 0 saturated carbocycles. The zero-order valence-corrected chi connectivity index (χ0v) is 10.2. The molecule has 0 fully saturated rings. The van der Waals surface area contributed by atoms with Gasteiger partial charge < -0.3 is 10.2 Å². The van der Waals surface area contributed by atoms with E-state index in [4.69, 9.17) is 0 Å². The number of nitrogens with one attached hydrogen (secondary N) is 1. The van der Waals surface area contributed by atoms with E-state index in [1.807, 2.05) is 6.92 Å². The first kappa shape index (κ1) is 17.9. The number of likely N-dealkylation sites (N-methyl/N-ethyl adjacent to an activating group) is 1. The molecular weight excluding hydrogens is 245 g/mol. The SMILES string of the molecule is CCCCN(CC(F)(F)F)C(=O)CNC.Cl. The van der Waals surface area contributed by atoms with Crippen LogP contribution in [0.4, 0.5) is 13.2 Å². The van der Waals surface area contributed by atoms with Gasteiger partial charge >= 0.3 is 6.18 Å². The summed E-state index contributed by atoms with van der Waals surface area (Å²) < 4.78 is 36.4. The molecule has 0 aliphatic heterocycles. The fourth-order valence-corrected chi connectivity index (χ4v) is 1.12. The highest BCUT2D eigenvalue weighted by molar-refractivity contribution is 5.85. The molecule has 0 spiro atoms. The second-order valence-corrected chi connectivity index (χ2v) is 3.31. The minimum atomic E-state index is -4.32. The Balaban J connectivity index is 0. The van der Waals surface area contributed by atoms with Crippen LogP contribution in [0.5, 0.6) is 0 Å². The summed E-state index contributed by atoms with van der Waals surface area (Å²) in [6, 6.07) is 0. The molecule has 0 aliphatic rings. The van der Waals surface area contributed by atoms with Gasteiger partial charge in [-0.2, -0.15) is 13.2 Å². The molecule has 0 heterocycles. The van der Waals surface area contributed by atoms with Crippen LogP contribution in [0.1, 0.15) is 19.8 Å². The molecule has 0 aromatic heterocycles. The second kappa shape index (κ2) is 8.64. The number of hydrogen-bond acceptors (Lipinski definition) is 2. The number of hydrogen-bond donors (Lipinski definition) is 1. The summed E-state index contributed by atoms with van der Waals surface area (Å²) in [6.07, 6.45) is -2.97. The van der Waals surface area contributed by atoms with Gasteiger partial charge in [-0.1, -0.05) is 13.3 Å². The van der Waals surface area contributed by atoms with Gasteiger partial charge in [0, 0.05) is 6.54 Å². The summed E-state index contributed by atoms with van der Waals surface area (Å²) in [6.45, 7) is 0.818. The molecule has 0 unspecified atom stereocenters. The van der Waals surface area contributed by atoms with Crippen LogP contribution in [0.3, 0.4) is 0 Å². The average molecular weight is 263 g/mol. The van der Waals surface area contributed by atoms with E-state index in [1.165, 1.54) is 7.05 Å². The number of unbranched alkanes of at least 4 members (excludes halogenated alkanes) is 1. The van der Waals surface area contributed by atoms with E-state index in [9.17, 15) is 18.0 Å². The summed E-state index contributed by atoms with van der Waals surface area (Å²) in [5.41, 5.74) is 0. The van der Waals surface area contributed by atoms with Crippen LogP contribution in [0, 0.1) is 0 Å². The molecule has 0 aromatic rings. The molecule has 98 valence electrons. The number of rotatable bonds is 6. The molecular formula is C9H18ClF3N2O. The minimum Gasteiger partial charge on any atom is -0.332 e. The van der Waals surface area contributed by atoms with Crippen LogP contribution in [0.25, 0.3) is 0 Å². The van der Waals surface area contributed by atoms with E-state index in [1.54, 1.807) is 0 Å². The fourth-order valence-electron chi connectivity index (χ4n) is 1.12. The van der Waals surface area contributed by atoms with Gasteiger partial charge in [-0.15, -0.1) is 12.4 Å². The Kier molecular flexibility index (Phi) is 9.66. The first-order valence-corrected chi connectivity index (χ1v) is 4.89. The van der Waals surface area contributed by atoms with Crippen LogP contribution in [0.2, 0.25) is 0 Å². The lowest BCUT2D eigenvalue weighted by molar-refractivity contribution is -0.160. The molecule has 0 saturated heterocycles. The highest BCUT2D eigenvalue weighted by Gasteiger charge is 2.32. The fraction of sp³-hybridized carbons (Fsp3) is 0.889. The van der Waals surface area contributed by atoms with Crippen LogP contribution in [0.15, 0.2) is 0 Å². The summed E-state index contributed by atoms with van der Waals surface area (Å²) in [5, 5.41) is 2.55. The second-order valence-electron chi connectivity index (χ2n) is 3.31. The first-order valence-electron chi connectivity index (χ1n) is 4.89. The number of carbonyl (C=O) groups excluding carboxylic acids is 1. The number of amides is 1. The monoisotopic (exact) mass is 262 g/mol. The smallest absolute Gasteiger partial charge is 0.332 e. The zero-order chi connectivity index (χ0) is 11.9. The van der Waals surface area contributed by atoms with E-state index in [2.05, 4.69) is 5.32 Å². The van der Waals surface area contributed by atoms with Crippen molar-refractivity contribution in [1.29, 1.82) is 0 Å². The van der Waals surface area contributed by atoms with Crippen molar-refractivity contribution in [2.45, 2.75) is 25.9 Å². The van der Waals surface area contributed by atoms with Crippen LogP contribution in [-0.4, -0.2) is 43.7 Å². The Bertz CT molecular complexity index is 200. The van der Waals surface area contributed by atoms with Crippen molar-refractivity contribution < 1.29 is 18.0 Å². The van der Waals surface area contributed by atoms with Gasteiger partial charge in [-0.05, 0) is 13.5 Å². The van der Waals surface area contributed by atoms with E-state index in [-0.39, 0.29) is 25.5 Å². The highest BCUT2D eigenvalue weighted by Crippen LogP contribution is 2.16. The molecule has 0 radical (unpaired) electrons. The van der Waals surface area contributed by atoms with Gasteiger partial charge in [0.15, 0.2) is 0 Å². The summed E-state index contributed by atoms with van der Waals surface area (Å²) in [5.74, 6) is -0.511. The minimum absolute atomic E-state index is 0. The molecule has 0 atom stereocenters. The van der Waals surface area contributed by atoms with Crippen molar-refractivity contribution in [2.75, 3.05) is 26.7 Å². The Morgan fingerprint density at radius 1 is 1.38 bits per heavy atom. The van der Waals surface area contributed by atoms with Crippen molar-refractivity contribution in [3.63, 3.8) is 0 Å². The maximum Gasteiger partial charge on any atom is 0.406 e. The Morgan fingerprint density at radius 2 is 1.94 bits per heavy atom. The topological polar surface area (TPSA) is 32.3 Å². The van der Waals surface area contributed by atoms with Gasteiger partial charge in [0.1, 0.15) is 6.54 Å². The lowest BCUT2D eigenvalue weighted by Gasteiger charge is -2.23. The molecule has 0 aromatic carbocycles. The van der Waals surface area contributed by atoms with E-state index in [0.717, 1.165) is 11.3 Å². The van der Waals surface area contributed by atoms with Gasteiger partial charge in [0.2, 0.25) is 5.91 Å². The predicted molar refractivity (Wildman–Crippen MR) is 58.7 cm³/mol. The van der Waals surface area contributed by atoms with E-state index >= 15 is 0 Å². The lowest BCUT2D eigenvalue weighted by Crippen LogP contribution is -2.43. The van der Waals surface area contributed by atoms with E-state index < -0.39 is 18.6 Å². The summed E-state index contributed by atoms with van der Waals surface area (Å²) >= 11 is 0. The number of nitrogens with zero attached hydrogens (tertiary/aromatic N) is 1. The van der Waals surface area contributed by atoms with Gasteiger partial charge in [0.05, 0.1) is 6.54 Å². The van der Waals surface area contributed by atoms with Crippen LogP contribution in [-0.2, 0) is 4.79 Å². The lowest BCUT2D eigenvalue weighted by atomic mass is 10.3.